The number of rotatable bonds is 5. The Labute approximate surface area is 124 Å². The lowest BCUT2D eigenvalue weighted by atomic mass is 10.1. The highest BCUT2D eigenvalue weighted by Gasteiger charge is 2.26. The van der Waals surface area contributed by atoms with Gasteiger partial charge in [-0.2, -0.15) is 0 Å². The lowest BCUT2D eigenvalue weighted by Crippen LogP contribution is -2.44. The molecule has 1 fully saturated rings. The molecule has 0 bridgehead atoms. The summed E-state index contributed by atoms with van der Waals surface area (Å²) < 4.78 is 5.25. The molecule has 1 aliphatic carbocycles. The summed E-state index contributed by atoms with van der Waals surface area (Å²) in [6.07, 6.45) is 1.80. The number of ether oxygens (including phenoxy) is 1. The average molecular weight is 290 g/mol. The van der Waals surface area contributed by atoms with E-state index in [4.69, 9.17) is 4.74 Å². The second-order valence-electron chi connectivity index (χ2n) is 5.78. The zero-order valence-electron chi connectivity index (χ0n) is 12.0. The summed E-state index contributed by atoms with van der Waals surface area (Å²) in [6, 6.07) is 8.43. The highest BCUT2D eigenvalue weighted by molar-refractivity contribution is 5.81. The van der Waals surface area contributed by atoms with Crippen molar-refractivity contribution in [3.63, 3.8) is 0 Å². The highest BCUT2D eigenvalue weighted by Crippen LogP contribution is 2.30. The maximum atomic E-state index is 12.1. The minimum absolute atomic E-state index is 0.0261. The molecule has 3 unspecified atom stereocenters. The van der Waals surface area contributed by atoms with E-state index < -0.39 is 6.10 Å². The molecule has 3 atom stereocenters. The maximum absolute atomic E-state index is 12.1. The molecule has 1 saturated heterocycles. The van der Waals surface area contributed by atoms with E-state index >= 15 is 0 Å². The molecule has 2 aliphatic rings. The Morgan fingerprint density at radius 1 is 1.38 bits per heavy atom. The zero-order valence-corrected chi connectivity index (χ0v) is 12.0. The SMILES string of the molecule is O=C(NC1CCc2ccccc21)C(O)CNC1CCOC1. The van der Waals surface area contributed by atoms with Crippen molar-refractivity contribution in [3.8, 4) is 0 Å². The van der Waals surface area contributed by atoms with Crippen molar-refractivity contribution in [1.82, 2.24) is 10.6 Å². The zero-order chi connectivity index (χ0) is 14.7. The lowest BCUT2D eigenvalue weighted by Gasteiger charge is -2.19. The number of aliphatic hydroxyl groups excluding tert-OH is 1. The molecule has 1 heterocycles. The minimum Gasteiger partial charge on any atom is -0.382 e. The van der Waals surface area contributed by atoms with Crippen LogP contribution in [-0.4, -0.2) is 42.9 Å². The molecule has 114 valence electrons. The van der Waals surface area contributed by atoms with Crippen LogP contribution >= 0.6 is 0 Å². The summed E-state index contributed by atoms with van der Waals surface area (Å²) in [5.74, 6) is -0.303. The normalized spacial score (nSPS) is 25.6. The van der Waals surface area contributed by atoms with E-state index in [1.807, 2.05) is 18.2 Å². The molecule has 1 aromatic carbocycles. The summed E-state index contributed by atoms with van der Waals surface area (Å²) in [5, 5.41) is 16.1. The predicted molar refractivity (Wildman–Crippen MR) is 78.9 cm³/mol. The van der Waals surface area contributed by atoms with Gasteiger partial charge in [-0.3, -0.25) is 4.79 Å². The van der Waals surface area contributed by atoms with Crippen LogP contribution in [-0.2, 0) is 16.0 Å². The third-order valence-electron chi connectivity index (χ3n) is 4.28. The molecule has 5 heteroatoms. The minimum atomic E-state index is -1.02. The number of hydrogen-bond acceptors (Lipinski definition) is 4. The fourth-order valence-corrected chi connectivity index (χ4v) is 3.04. The van der Waals surface area contributed by atoms with E-state index in [-0.39, 0.29) is 24.5 Å². The van der Waals surface area contributed by atoms with Gasteiger partial charge < -0.3 is 20.5 Å². The van der Waals surface area contributed by atoms with Crippen LogP contribution in [0.4, 0.5) is 0 Å². The molecule has 0 aromatic heterocycles. The Bertz CT molecular complexity index is 500. The summed E-state index contributed by atoms with van der Waals surface area (Å²) in [5.41, 5.74) is 2.47. The van der Waals surface area contributed by atoms with Gasteiger partial charge in [-0.05, 0) is 30.4 Å². The molecule has 0 spiro atoms. The first-order chi connectivity index (χ1) is 10.2. The van der Waals surface area contributed by atoms with Crippen molar-refractivity contribution in [2.24, 2.45) is 0 Å². The smallest absolute Gasteiger partial charge is 0.250 e. The number of carbonyl (C=O) groups is 1. The van der Waals surface area contributed by atoms with Crippen molar-refractivity contribution in [2.45, 2.75) is 37.5 Å². The van der Waals surface area contributed by atoms with Gasteiger partial charge in [0, 0.05) is 19.2 Å². The molecule has 0 radical (unpaired) electrons. The van der Waals surface area contributed by atoms with E-state index in [1.165, 1.54) is 11.1 Å². The van der Waals surface area contributed by atoms with Crippen LogP contribution in [0.15, 0.2) is 24.3 Å². The topological polar surface area (TPSA) is 70.6 Å². The second kappa shape index (κ2) is 6.56. The third-order valence-corrected chi connectivity index (χ3v) is 4.28. The van der Waals surface area contributed by atoms with Gasteiger partial charge in [0.25, 0.3) is 5.91 Å². The summed E-state index contributed by atoms with van der Waals surface area (Å²) >= 11 is 0. The first-order valence-electron chi connectivity index (χ1n) is 7.61. The average Bonchev–Trinajstić information content (AvgIpc) is 3.15. The number of carbonyl (C=O) groups excluding carboxylic acids is 1. The highest BCUT2D eigenvalue weighted by atomic mass is 16.5. The number of aryl methyl sites for hydroxylation is 1. The van der Waals surface area contributed by atoms with E-state index in [0.717, 1.165) is 25.9 Å². The maximum Gasteiger partial charge on any atom is 0.250 e. The largest absolute Gasteiger partial charge is 0.382 e. The van der Waals surface area contributed by atoms with Gasteiger partial charge in [0.1, 0.15) is 6.10 Å². The van der Waals surface area contributed by atoms with Crippen LogP contribution in [0.1, 0.15) is 30.0 Å². The first-order valence-corrected chi connectivity index (χ1v) is 7.61. The van der Waals surface area contributed by atoms with Gasteiger partial charge >= 0.3 is 0 Å². The molecule has 3 rings (SSSR count). The van der Waals surface area contributed by atoms with E-state index in [0.29, 0.717) is 6.61 Å². The lowest BCUT2D eigenvalue weighted by molar-refractivity contribution is -0.130. The fraction of sp³-hybridized carbons (Fsp3) is 0.562. The van der Waals surface area contributed by atoms with E-state index in [9.17, 15) is 9.90 Å². The Kier molecular flexibility index (Phi) is 4.53. The predicted octanol–water partition coefficient (Wildman–Crippen LogP) is 0.529. The molecule has 5 nitrogen and oxygen atoms in total. The number of hydrogen-bond donors (Lipinski definition) is 3. The van der Waals surface area contributed by atoms with Crippen LogP contribution in [0.25, 0.3) is 0 Å². The van der Waals surface area contributed by atoms with Gasteiger partial charge in [0.15, 0.2) is 0 Å². The van der Waals surface area contributed by atoms with Crippen molar-refractivity contribution >= 4 is 5.91 Å². The van der Waals surface area contributed by atoms with Crippen molar-refractivity contribution in [1.29, 1.82) is 0 Å². The van der Waals surface area contributed by atoms with Gasteiger partial charge in [-0.15, -0.1) is 0 Å². The summed E-state index contributed by atoms with van der Waals surface area (Å²) in [7, 11) is 0. The number of fused-ring (bicyclic) bond motifs is 1. The molecule has 1 aromatic rings. The monoisotopic (exact) mass is 290 g/mol. The molecule has 1 amide bonds. The van der Waals surface area contributed by atoms with Crippen molar-refractivity contribution < 1.29 is 14.6 Å². The number of aliphatic hydroxyl groups is 1. The van der Waals surface area contributed by atoms with Crippen molar-refractivity contribution in [3.05, 3.63) is 35.4 Å². The van der Waals surface area contributed by atoms with Gasteiger partial charge in [-0.1, -0.05) is 24.3 Å². The van der Waals surface area contributed by atoms with Gasteiger partial charge in [-0.25, -0.2) is 0 Å². The Morgan fingerprint density at radius 2 is 2.24 bits per heavy atom. The van der Waals surface area contributed by atoms with E-state index in [1.54, 1.807) is 0 Å². The van der Waals surface area contributed by atoms with Crippen LogP contribution < -0.4 is 10.6 Å². The molecule has 0 saturated carbocycles. The summed E-state index contributed by atoms with van der Waals surface area (Å²) in [4.78, 5) is 12.1. The fourth-order valence-electron chi connectivity index (χ4n) is 3.04. The Morgan fingerprint density at radius 3 is 3.05 bits per heavy atom. The van der Waals surface area contributed by atoms with Gasteiger partial charge in [0.2, 0.25) is 0 Å². The van der Waals surface area contributed by atoms with Crippen LogP contribution in [0.2, 0.25) is 0 Å². The molecular weight excluding hydrogens is 268 g/mol. The van der Waals surface area contributed by atoms with E-state index in [2.05, 4.69) is 16.7 Å². The molecular formula is C16H22N2O3. The van der Waals surface area contributed by atoms with Crippen LogP contribution in [0.3, 0.4) is 0 Å². The van der Waals surface area contributed by atoms with Crippen molar-refractivity contribution in [2.75, 3.05) is 19.8 Å². The second-order valence-corrected chi connectivity index (χ2v) is 5.78. The number of nitrogens with one attached hydrogen (secondary N) is 2. The summed E-state index contributed by atoms with van der Waals surface area (Å²) in [6.45, 7) is 1.68. The molecule has 3 N–H and O–H groups in total. The molecule has 21 heavy (non-hydrogen) atoms. The number of amides is 1. The first kappa shape index (κ1) is 14.5. The number of benzene rings is 1. The van der Waals surface area contributed by atoms with Crippen LogP contribution in [0.5, 0.6) is 0 Å². The molecule has 1 aliphatic heterocycles. The van der Waals surface area contributed by atoms with Gasteiger partial charge in [0.05, 0.1) is 12.6 Å². The van der Waals surface area contributed by atoms with Crippen LogP contribution in [0, 0.1) is 0 Å². The third kappa shape index (κ3) is 3.43. The quantitative estimate of drug-likeness (QED) is 0.740. The Hall–Kier alpha value is -1.43. The Balaban J connectivity index is 1.49. The standard InChI is InChI=1S/C16H22N2O3/c19-15(9-17-12-7-8-21-10-12)16(20)18-14-6-5-11-3-1-2-4-13(11)14/h1-4,12,14-15,17,19H,5-10H2,(H,18,20).